The summed E-state index contributed by atoms with van der Waals surface area (Å²) >= 11 is 0. The van der Waals surface area contributed by atoms with Crippen LogP contribution in [0, 0.1) is 15.7 Å². The van der Waals surface area contributed by atoms with Gasteiger partial charge in [0.25, 0.3) is 0 Å². The van der Waals surface area contributed by atoms with Crippen molar-refractivity contribution in [2.45, 2.75) is 149 Å². The van der Waals surface area contributed by atoms with E-state index in [-0.39, 0.29) is 28.8 Å². The molecule has 0 aromatic rings. The van der Waals surface area contributed by atoms with Crippen molar-refractivity contribution < 1.29 is 19.1 Å². The quantitative estimate of drug-likeness (QED) is 0.144. The molecule has 0 N–H and O–H groups in total. The average molecular weight is 466 g/mol. The molecule has 2 aliphatic rings. The lowest BCUT2D eigenvalue weighted by Gasteiger charge is -2.23. The molecule has 2 rings (SSSR count). The molecule has 2 aliphatic carbocycles. The molecule has 0 radical (unpaired) electrons. The van der Waals surface area contributed by atoms with Gasteiger partial charge in [-0.3, -0.25) is 9.59 Å². The molecule has 0 aliphatic heterocycles. The highest BCUT2D eigenvalue weighted by Crippen LogP contribution is 2.52. The van der Waals surface area contributed by atoms with Crippen LogP contribution in [0.2, 0.25) is 0 Å². The molecule has 6 nitrogen and oxygen atoms in total. The number of ether oxygens (including phenoxy) is 2. The number of nitrogens with zero attached hydrogens (tertiary/aromatic N) is 1. The van der Waals surface area contributed by atoms with Crippen LogP contribution in [-0.2, 0) is 19.1 Å². The number of rotatable bonds is 15. The number of unbranched alkanes of at least 4 members (excludes halogenated alkanes) is 4. The van der Waals surface area contributed by atoms with E-state index in [0.29, 0.717) is 0 Å². The third-order valence-corrected chi connectivity index (χ3v) is 6.91. The first-order valence-corrected chi connectivity index (χ1v) is 13.1. The lowest BCUT2D eigenvalue weighted by molar-refractivity contribution is -0.163. The predicted molar refractivity (Wildman–Crippen MR) is 131 cm³/mol. The van der Waals surface area contributed by atoms with Gasteiger partial charge in [0, 0.05) is 0 Å². The molecule has 0 atom stereocenters. The van der Waals surface area contributed by atoms with Crippen molar-refractivity contribution in [3.8, 4) is 0 Å². The van der Waals surface area contributed by atoms with Crippen molar-refractivity contribution in [1.82, 2.24) is 0 Å². The zero-order chi connectivity index (χ0) is 24.8. The maximum Gasteiger partial charge on any atom is 0.312 e. The van der Waals surface area contributed by atoms with Gasteiger partial charge in [-0.15, -0.1) is 0 Å². The Labute approximate surface area is 200 Å². The second-order valence-corrected chi connectivity index (χ2v) is 12.5. The number of hydrogen-bond acceptors (Lipinski definition) is 6. The third-order valence-electron chi connectivity index (χ3n) is 6.91. The van der Waals surface area contributed by atoms with E-state index in [4.69, 9.17) is 9.47 Å². The SMILES string of the molecule is CC(C)(C)OC(=O)C1(CCCCCC(CCCCCC2(C(=O)OC(C)(C)C)CC2)N=O)CC1. The van der Waals surface area contributed by atoms with Crippen molar-refractivity contribution in [1.29, 1.82) is 0 Å². The van der Waals surface area contributed by atoms with E-state index < -0.39 is 11.2 Å². The molecule has 33 heavy (non-hydrogen) atoms. The van der Waals surface area contributed by atoms with E-state index in [9.17, 15) is 14.5 Å². The van der Waals surface area contributed by atoms with Gasteiger partial charge in [0.05, 0.1) is 16.9 Å². The van der Waals surface area contributed by atoms with Gasteiger partial charge in [0.2, 0.25) is 0 Å². The summed E-state index contributed by atoms with van der Waals surface area (Å²) in [7, 11) is 0. The van der Waals surface area contributed by atoms with Crippen LogP contribution in [0.4, 0.5) is 0 Å². The van der Waals surface area contributed by atoms with Crippen molar-refractivity contribution in [2.75, 3.05) is 0 Å². The average Bonchev–Trinajstić information content (AvgIpc) is 3.59. The first-order valence-electron chi connectivity index (χ1n) is 13.1. The minimum absolute atomic E-state index is 0.0397. The molecule has 190 valence electrons. The zero-order valence-electron chi connectivity index (χ0n) is 22.0. The van der Waals surface area contributed by atoms with Crippen LogP contribution in [0.1, 0.15) is 131 Å². The summed E-state index contributed by atoms with van der Waals surface area (Å²) in [5.41, 5.74) is -1.34. The molecule has 0 heterocycles. The summed E-state index contributed by atoms with van der Waals surface area (Å²) in [6.07, 6.45) is 13.2. The van der Waals surface area contributed by atoms with Crippen LogP contribution in [0.5, 0.6) is 0 Å². The number of hydrogen-bond donors (Lipinski definition) is 0. The van der Waals surface area contributed by atoms with Crippen LogP contribution >= 0.6 is 0 Å². The van der Waals surface area contributed by atoms with Crippen molar-refractivity contribution in [3.05, 3.63) is 4.91 Å². The van der Waals surface area contributed by atoms with Crippen LogP contribution in [0.15, 0.2) is 5.18 Å². The fourth-order valence-corrected chi connectivity index (χ4v) is 4.48. The van der Waals surface area contributed by atoms with Crippen LogP contribution in [0.25, 0.3) is 0 Å². The molecular formula is C27H47NO5. The second-order valence-electron chi connectivity index (χ2n) is 12.5. The number of esters is 2. The van der Waals surface area contributed by atoms with Crippen LogP contribution in [-0.4, -0.2) is 29.2 Å². The molecule has 2 fully saturated rings. The normalized spacial score (nSPS) is 18.6. The smallest absolute Gasteiger partial charge is 0.312 e. The first kappa shape index (κ1) is 27.8. The Morgan fingerprint density at radius 1 is 0.697 bits per heavy atom. The highest BCUT2D eigenvalue weighted by atomic mass is 16.6. The van der Waals surface area contributed by atoms with Crippen LogP contribution < -0.4 is 0 Å². The van der Waals surface area contributed by atoms with E-state index in [1.807, 2.05) is 41.5 Å². The van der Waals surface area contributed by atoms with Crippen molar-refractivity contribution >= 4 is 11.9 Å². The van der Waals surface area contributed by atoms with Crippen LogP contribution in [0.3, 0.4) is 0 Å². The Morgan fingerprint density at radius 3 is 1.33 bits per heavy atom. The molecule has 0 aromatic carbocycles. The second kappa shape index (κ2) is 11.3. The lowest BCUT2D eigenvalue weighted by Crippen LogP contribution is -2.29. The van der Waals surface area contributed by atoms with Gasteiger partial charge in [0.15, 0.2) is 0 Å². The molecule has 6 heteroatoms. The van der Waals surface area contributed by atoms with Gasteiger partial charge < -0.3 is 9.47 Å². The first-order chi connectivity index (χ1) is 15.3. The number of nitroso groups, excluding NO2 is 1. The summed E-state index contributed by atoms with van der Waals surface area (Å²) < 4.78 is 11.2. The van der Waals surface area contributed by atoms with Gasteiger partial charge in [-0.25, -0.2) is 0 Å². The molecule has 0 aromatic heterocycles. The summed E-state index contributed by atoms with van der Waals surface area (Å²) in [4.78, 5) is 36.0. The molecule has 0 saturated heterocycles. The molecule has 0 bridgehead atoms. The number of carbonyl (C=O) groups excluding carboxylic acids is 2. The van der Waals surface area contributed by atoms with Crippen molar-refractivity contribution in [3.63, 3.8) is 0 Å². The Bertz CT molecular complexity index is 611. The monoisotopic (exact) mass is 465 g/mol. The van der Waals surface area contributed by atoms with E-state index in [2.05, 4.69) is 5.18 Å². The maximum atomic E-state index is 12.4. The van der Waals surface area contributed by atoms with Gasteiger partial charge in [-0.05, 0) is 92.9 Å². The highest BCUT2D eigenvalue weighted by molar-refractivity contribution is 5.80. The Hall–Kier alpha value is -1.46. The molecule has 0 unspecified atom stereocenters. The topological polar surface area (TPSA) is 82.0 Å². The van der Waals surface area contributed by atoms with Gasteiger partial charge in [-0.2, -0.15) is 4.91 Å². The predicted octanol–water partition coefficient (Wildman–Crippen LogP) is 7.27. The maximum absolute atomic E-state index is 12.4. The minimum Gasteiger partial charge on any atom is -0.460 e. The van der Waals surface area contributed by atoms with E-state index in [0.717, 1.165) is 89.9 Å². The summed E-state index contributed by atoms with van der Waals surface area (Å²) in [6, 6.07) is -0.119. The van der Waals surface area contributed by atoms with Gasteiger partial charge in [0.1, 0.15) is 11.2 Å². The highest BCUT2D eigenvalue weighted by Gasteiger charge is 2.52. The molecule has 2 saturated carbocycles. The van der Waals surface area contributed by atoms with Gasteiger partial charge >= 0.3 is 11.9 Å². The van der Waals surface area contributed by atoms with Gasteiger partial charge in [-0.1, -0.05) is 43.7 Å². The largest absolute Gasteiger partial charge is 0.460 e. The minimum atomic E-state index is -0.426. The zero-order valence-corrected chi connectivity index (χ0v) is 22.0. The summed E-state index contributed by atoms with van der Waals surface area (Å²) in [5, 5.41) is 3.34. The Kier molecular flexibility index (Phi) is 9.52. The fourth-order valence-electron chi connectivity index (χ4n) is 4.48. The summed E-state index contributed by atoms with van der Waals surface area (Å²) in [6.45, 7) is 11.5. The third kappa shape index (κ3) is 9.74. The standard InChI is InChI=1S/C27H47NO5/c1-24(2,3)32-22(29)26(17-18-26)15-11-7-9-13-21(28-31)14-10-8-12-16-27(19-20-27)23(30)33-25(4,5)6/h21H,7-20H2,1-6H3. The number of carbonyl (C=O) groups is 2. The molecular weight excluding hydrogens is 418 g/mol. The van der Waals surface area contributed by atoms with Crippen molar-refractivity contribution in [2.24, 2.45) is 16.0 Å². The Balaban J connectivity index is 1.54. The molecule has 0 amide bonds. The van der Waals surface area contributed by atoms with E-state index >= 15 is 0 Å². The fraction of sp³-hybridized carbons (Fsp3) is 0.926. The van der Waals surface area contributed by atoms with E-state index in [1.54, 1.807) is 0 Å². The molecule has 0 spiro atoms. The Morgan fingerprint density at radius 2 is 1.06 bits per heavy atom. The lowest BCUT2D eigenvalue weighted by atomic mass is 9.95. The van der Waals surface area contributed by atoms with E-state index in [1.165, 1.54) is 0 Å². The summed E-state index contributed by atoms with van der Waals surface area (Å²) in [5.74, 6) is -0.0795.